The Kier molecular flexibility index (Phi) is 4.78. The average molecular weight is 390 g/mol. The molecule has 0 unspecified atom stereocenters. The Bertz CT molecular complexity index is 922. The van der Waals surface area contributed by atoms with Gasteiger partial charge in [0, 0.05) is 21.9 Å². The topological polar surface area (TPSA) is 179 Å². The van der Waals surface area contributed by atoms with Gasteiger partial charge in [-0.15, -0.1) is 0 Å². The Hall–Kier alpha value is -3.83. The number of amides is 1. The molecule has 4 atom stereocenters. The zero-order chi connectivity index (χ0) is 20.6. The summed E-state index contributed by atoms with van der Waals surface area (Å²) >= 11 is 0. The fourth-order valence-corrected chi connectivity index (χ4v) is 3.79. The van der Waals surface area contributed by atoms with Gasteiger partial charge in [-0.25, -0.2) is 0 Å². The van der Waals surface area contributed by atoms with Crippen LogP contribution in [0.25, 0.3) is 0 Å². The van der Waals surface area contributed by atoms with Crippen molar-refractivity contribution in [2.75, 3.05) is 5.32 Å². The molecular weight excluding hydrogens is 376 g/mol. The van der Waals surface area contributed by atoms with E-state index in [0.29, 0.717) is 11.8 Å². The van der Waals surface area contributed by atoms with Gasteiger partial charge in [-0.2, -0.15) is 0 Å². The van der Waals surface area contributed by atoms with E-state index < -0.39 is 68.1 Å². The molecule has 1 amide bonds. The third kappa shape index (κ3) is 3.15. The summed E-state index contributed by atoms with van der Waals surface area (Å²) in [4.78, 5) is 45.9. The zero-order valence-electron chi connectivity index (χ0n) is 14.1. The highest BCUT2D eigenvalue weighted by Gasteiger charge is 2.64. The van der Waals surface area contributed by atoms with Gasteiger partial charge < -0.3 is 10.5 Å². The van der Waals surface area contributed by atoms with Crippen molar-refractivity contribution in [2.45, 2.75) is 12.5 Å². The number of hydrogen-bond donors (Lipinski definition) is 2. The molecule has 0 saturated heterocycles. The third-order valence-corrected chi connectivity index (χ3v) is 4.92. The Morgan fingerprint density at radius 2 is 1.79 bits per heavy atom. The van der Waals surface area contributed by atoms with Crippen molar-refractivity contribution in [3.05, 3.63) is 67.5 Å². The lowest BCUT2D eigenvalue weighted by Gasteiger charge is -2.35. The van der Waals surface area contributed by atoms with Gasteiger partial charge in [0.1, 0.15) is 23.5 Å². The SMILES string of the molecule is O=C1C[C@H]2C(=[N+]([O-])O)C=C([N+](=O)[O-])[C@H]([C@H]1C(=O)Nc1ccccc1)[C@@H]2[N+](=O)[O-]. The van der Waals surface area contributed by atoms with E-state index in [-0.39, 0.29) is 0 Å². The van der Waals surface area contributed by atoms with Gasteiger partial charge in [0.05, 0.1) is 11.0 Å². The number of carbonyl (C=O) groups excluding carboxylic acids is 2. The lowest BCUT2D eigenvalue weighted by atomic mass is 9.63. The average Bonchev–Trinajstić information content (AvgIpc) is 2.61. The van der Waals surface area contributed by atoms with Crippen LogP contribution in [0.15, 0.2) is 42.1 Å². The van der Waals surface area contributed by atoms with E-state index in [4.69, 9.17) is 0 Å². The Morgan fingerprint density at radius 3 is 2.32 bits per heavy atom. The molecule has 146 valence electrons. The van der Waals surface area contributed by atoms with Gasteiger partial charge in [0.25, 0.3) is 11.4 Å². The minimum Gasteiger partial charge on any atom is -0.417 e. The van der Waals surface area contributed by atoms with Crippen LogP contribution in [0.4, 0.5) is 5.69 Å². The molecule has 1 fully saturated rings. The number of ketones is 1. The number of benzene rings is 1. The number of nitrogens with zero attached hydrogens (tertiary/aromatic N) is 3. The van der Waals surface area contributed by atoms with Crippen LogP contribution >= 0.6 is 0 Å². The number of Topliss-reactive ketones (excluding diaryl/α,β-unsaturated/α-hetero) is 1. The Balaban J connectivity index is 2.10. The van der Waals surface area contributed by atoms with Gasteiger partial charge in [-0.1, -0.05) is 18.2 Å². The monoisotopic (exact) mass is 390 g/mol. The number of para-hydroxylation sites is 1. The Morgan fingerprint density at radius 1 is 1.14 bits per heavy atom. The van der Waals surface area contributed by atoms with Crippen LogP contribution in [0.1, 0.15) is 6.42 Å². The summed E-state index contributed by atoms with van der Waals surface area (Å²) < 4.78 is 0. The lowest BCUT2D eigenvalue weighted by Crippen LogP contribution is -2.58. The molecule has 0 aromatic heterocycles. The van der Waals surface area contributed by atoms with Crippen LogP contribution in [0.5, 0.6) is 0 Å². The van der Waals surface area contributed by atoms with Crippen LogP contribution in [0.3, 0.4) is 0 Å². The first-order valence-corrected chi connectivity index (χ1v) is 8.13. The fraction of sp³-hybridized carbons (Fsp3) is 0.312. The number of allylic oxidation sites excluding steroid dienone is 1. The number of nitrogens with one attached hydrogen (secondary N) is 1. The predicted octanol–water partition coefficient (Wildman–Crippen LogP) is 0.607. The summed E-state index contributed by atoms with van der Waals surface area (Å²) in [7, 11) is 0. The van der Waals surface area contributed by atoms with E-state index in [1.165, 1.54) is 12.1 Å². The van der Waals surface area contributed by atoms with Crippen molar-refractivity contribution in [2.24, 2.45) is 17.8 Å². The standard InChI is InChI=1S/C16H14N4O8/c21-12-6-9-10(18(23)24)7-11(19(25)26)13(15(9)20(27)28)14(12)16(22)17-8-4-2-1-3-5-8/h1-5,7,9,13-15H,6H2,(H,17,22)(H,23,24)/t9-,13+,14-,15+/m0/s1. The first-order valence-electron chi connectivity index (χ1n) is 8.13. The summed E-state index contributed by atoms with van der Waals surface area (Å²) in [5.74, 6) is -6.43. The summed E-state index contributed by atoms with van der Waals surface area (Å²) in [6, 6.07) is 6.18. The van der Waals surface area contributed by atoms with E-state index in [0.717, 1.165) is 0 Å². The molecule has 2 aliphatic carbocycles. The van der Waals surface area contributed by atoms with E-state index in [2.05, 4.69) is 5.32 Å². The highest BCUT2D eigenvalue weighted by atomic mass is 16.8. The second-order valence-corrected chi connectivity index (χ2v) is 6.44. The maximum Gasteiger partial charge on any atom is 0.264 e. The van der Waals surface area contributed by atoms with Gasteiger partial charge >= 0.3 is 0 Å². The molecule has 0 heterocycles. The fourth-order valence-electron chi connectivity index (χ4n) is 3.79. The van der Waals surface area contributed by atoms with Crippen LogP contribution in [-0.2, 0) is 9.59 Å². The van der Waals surface area contributed by atoms with Crippen molar-refractivity contribution >= 4 is 23.1 Å². The van der Waals surface area contributed by atoms with Gasteiger partial charge in [0.15, 0.2) is 0 Å². The van der Waals surface area contributed by atoms with Crippen LogP contribution in [0, 0.1) is 43.2 Å². The molecule has 12 nitrogen and oxygen atoms in total. The zero-order valence-corrected chi connectivity index (χ0v) is 14.1. The van der Waals surface area contributed by atoms with Gasteiger partial charge in [-0.3, -0.25) is 35.0 Å². The second-order valence-electron chi connectivity index (χ2n) is 6.44. The minimum atomic E-state index is -1.78. The molecule has 1 aromatic carbocycles. The second kappa shape index (κ2) is 7.06. The van der Waals surface area contributed by atoms with Crippen molar-refractivity contribution < 1.29 is 29.5 Å². The number of hydrogen-bond acceptors (Lipinski definition) is 8. The molecule has 2 N–H and O–H groups in total. The molecule has 2 aliphatic rings. The smallest absolute Gasteiger partial charge is 0.264 e. The highest BCUT2D eigenvalue weighted by Crippen LogP contribution is 2.43. The van der Waals surface area contributed by atoms with Crippen LogP contribution in [-0.4, -0.2) is 43.4 Å². The largest absolute Gasteiger partial charge is 0.417 e. The van der Waals surface area contributed by atoms with E-state index >= 15 is 0 Å². The summed E-state index contributed by atoms with van der Waals surface area (Å²) in [5.41, 5.74) is -1.18. The molecule has 2 bridgehead atoms. The lowest BCUT2D eigenvalue weighted by molar-refractivity contribution is -0.728. The third-order valence-electron chi connectivity index (χ3n) is 4.92. The highest BCUT2D eigenvalue weighted by molar-refractivity contribution is 6.11. The van der Waals surface area contributed by atoms with E-state index in [1.54, 1.807) is 18.2 Å². The molecule has 1 aromatic rings. The summed E-state index contributed by atoms with van der Waals surface area (Å²) in [6.45, 7) is 0. The van der Waals surface area contributed by atoms with Gasteiger partial charge in [0.2, 0.25) is 11.9 Å². The summed E-state index contributed by atoms with van der Waals surface area (Å²) in [5, 5.41) is 46.1. The molecule has 0 spiro atoms. The first-order chi connectivity index (χ1) is 13.2. The molecule has 12 heteroatoms. The van der Waals surface area contributed by atoms with Crippen molar-refractivity contribution in [3.8, 4) is 0 Å². The number of nitro groups is 2. The van der Waals surface area contributed by atoms with E-state index in [9.17, 15) is 40.2 Å². The Labute approximate surface area is 156 Å². The normalized spacial score (nSPS) is 28.1. The molecule has 28 heavy (non-hydrogen) atoms. The number of rotatable bonds is 4. The predicted molar refractivity (Wildman–Crippen MR) is 91.4 cm³/mol. The molecule has 0 aliphatic heterocycles. The van der Waals surface area contributed by atoms with Gasteiger partial charge in [-0.05, 0) is 12.1 Å². The van der Waals surface area contributed by atoms with E-state index in [1.807, 2.05) is 0 Å². The van der Waals surface area contributed by atoms with Crippen molar-refractivity contribution in [3.63, 3.8) is 0 Å². The number of fused-ring (bicyclic) bond motifs is 2. The van der Waals surface area contributed by atoms with Crippen molar-refractivity contribution in [1.82, 2.24) is 0 Å². The first kappa shape index (κ1) is 18.9. The van der Waals surface area contributed by atoms with Crippen LogP contribution in [0.2, 0.25) is 0 Å². The number of carbonyl (C=O) groups is 2. The quantitative estimate of drug-likeness (QED) is 0.247. The molecule has 3 rings (SSSR count). The minimum absolute atomic E-state index is 0.316. The maximum absolute atomic E-state index is 12.7. The number of anilines is 1. The molecule has 0 radical (unpaired) electrons. The molecule has 1 saturated carbocycles. The maximum atomic E-state index is 12.7. The van der Waals surface area contributed by atoms with Crippen molar-refractivity contribution in [1.29, 1.82) is 0 Å². The van der Waals surface area contributed by atoms with Crippen LogP contribution < -0.4 is 5.32 Å². The summed E-state index contributed by atoms with van der Waals surface area (Å²) in [6.07, 6.45) is 0.128. The molecular formula is C16H14N4O8.